The van der Waals surface area contributed by atoms with E-state index in [4.69, 9.17) is 18.9 Å². The molecule has 1 aromatic heterocycles. The lowest BCUT2D eigenvalue weighted by atomic mass is 9.88. The molecule has 3 aromatic rings. The minimum Gasteiger partial charge on any atom is -0.493 e. The first-order valence-corrected chi connectivity index (χ1v) is 13.1. The van der Waals surface area contributed by atoms with Crippen molar-refractivity contribution in [2.24, 2.45) is 0 Å². The highest BCUT2D eigenvalue weighted by Crippen LogP contribution is 2.40. The highest BCUT2D eigenvalue weighted by atomic mass is 16.5. The topological polar surface area (TPSA) is 89.5 Å². The van der Waals surface area contributed by atoms with Gasteiger partial charge < -0.3 is 33.6 Å². The van der Waals surface area contributed by atoms with Gasteiger partial charge in [-0.1, -0.05) is 6.07 Å². The number of rotatable bonds is 7. The summed E-state index contributed by atoms with van der Waals surface area (Å²) in [5, 5.41) is 0. The van der Waals surface area contributed by atoms with Gasteiger partial charge in [0.1, 0.15) is 0 Å². The molecule has 0 aliphatic carbocycles. The Balaban J connectivity index is 1.43. The number of nitrogens with zero attached hydrogens (tertiary/aromatic N) is 5. The molecule has 1 saturated heterocycles. The van der Waals surface area contributed by atoms with E-state index in [0.717, 1.165) is 23.1 Å². The fourth-order valence-electron chi connectivity index (χ4n) is 5.44. The summed E-state index contributed by atoms with van der Waals surface area (Å²) in [5.41, 5.74) is 3.27. The molecule has 39 heavy (non-hydrogen) atoms. The number of piperazine rings is 1. The summed E-state index contributed by atoms with van der Waals surface area (Å²) in [7, 11) is 6.53. The number of carbonyl (C=O) groups is 1. The Morgan fingerprint density at radius 3 is 2.13 bits per heavy atom. The van der Waals surface area contributed by atoms with E-state index >= 15 is 0 Å². The Morgan fingerprint density at radius 1 is 0.821 bits per heavy atom. The summed E-state index contributed by atoms with van der Waals surface area (Å²) < 4.78 is 22.2. The molecule has 5 rings (SSSR count). The minimum atomic E-state index is -0.186. The van der Waals surface area contributed by atoms with Crippen molar-refractivity contribution in [2.45, 2.75) is 18.9 Å². The third-order valence-electron chi connectivity index (χ3n) is 7.51. The van der Waals surface area contributed by atoms with E-state index in [1.54, 1.807) is 46.9 Å². The molecule has 1 unspecified atom stereocenters. The maximum absolute atomic E-state index is 14.0. The fraction of sp³-hybridized carbons (Fsp3) is 0.414. The Morgan fingerprint density at radius 2 is 1.46 bits per heavy atom. The average molecular weight is 534 g/mol. The minimum absolute atomic E-state index is 0.0366. The smallest absolute Gasteiger partial charge is 0.320 e. The molecule has 206 valence electrons. The summed E-state index contributed by atoms with van der Waals surface area (Å²) >= 11 is 0. The Labute approximate surface area is 229 Å². The lowest BCUT2D eigenvalue weighted by Crippen LogP contribution is -2.55. The van der Waals surface area contributed by atoms with Crippen molar-refractivity contribution in [3.8, 4) is 23.0 Å². The van der Waals surface area contributed by atoms with Crippen LogP contribution >= 0.6 is 0 Å². The summed E-state index contributed by atoms with van der Waals surface area (Å²) in [6, 6.07) is 11.6. The largest absolute Gasteiger partial charge is 0.493 e. The maximum atomic E-state index is 14.0. The molecule has 0 saturated carbocycles. The molecule has 10 heteroatoms. The molecule has 1 fully saturated rings. The maximum Gasteiger partial charge on any atom is 0.320 e. The van der Waals surface area contributed by atoms with Gasteiger partial charge in [0.25, 0.3) is 0 Å². The number of aromatic nitrogens is 2. The van der Waals surface area contributed by atoms with E-state index in [2.05, 4.69) is 14.9 Å². The van der Waals surface area contributed by atoms with E-state index in [1.807, 2.05) is 40.1 Å². The molecule has 0 N–H and O–H groups in total. The lowest BCUT2D eigenvalue weighted by molar-refractivity contribution is 0.125. The normalized spacial score (nSPS) is 16.9. The van der Waals surface area contributed by atoms with Gasteiger partial charge in [-0.2, -0.15) is 0 Å². The van der Waals surface area contributed by atoms with E-state index in [1.165, 1.54) is 0 Å². The lowest BCUT2D eigenvalue weighted by Gasteiger charge is -2.43. The van der Waals surface area contributed by atoms with Gasteiger partial charge in [-0.3, -0.25) is 0 Å². The molecule has 0 radical (unpaired) electrons. The molecular formula is C29H35N5O5. The number of carbonyl (C=O) groups excluding carboxylic acids is 1. The molecule has 2 amide bonds. The van der Waals surface area contributed by atoms with E-state index in [0.29, 0.717) is 68.1 Å². The molecule has 0 bridgehead atoms. The zero-order valence-corrected chi connectivity index (χ0v) is 22.9. The van der Waals surface area contributed by atoms with E-state index < -0.39 is 0 Å². The van der Waals surface area contributed by atoms with Crippen LogP contribution in [0.4, 0.5) is 10.7 Å². The Bertz CT molecular complexity index is 1300. The van der Waals surface area contributed by atoms with Gasteiger partial charge >= 0.3 is 6.03 Å². The number of hydrogen-bond acceptors (Lipinski definition) is 8. The third kappa shape index (κ3) is 5.36. The van der Waals surface area contributed by atoms with E-state index in [9.17, 15) is 4.79 Å². The van der Waals surface area contributed by atoms with Crippen LogP contribution in [-0.4, -0.2) is 87.0 Å². The van der Waals surface area contributed by atoms with E-state index in [-0.39, 0.29) is 12.1 Å². The number of hydrogen-bond donors (Lipinski definition) is 0. The zero-order valence-electron chi connectivity index (χ0n) is 22.9. The van der Waals surface area contributed by atoms with Gasteiger partial charge in [-0.25, -0.2) is 14.8 Å². The summed E-state index contributed by atoms with van der Waals surface area (Å²) in [5.74, 6) is 3.38. The first kappa shape index (κ1) is 26.4. The quantitative estimate of drug-likeness (QED) is 0.455. The zero-order chi connectivity index (χ0) is 27.4. The second kappa shape index (κ2) is 11.7. The fourth-order valence-corrected chi connectivity index (χ4v) is 5.44. The highest BCUT2D eigenvalue weighted by Gasteiger charge is 2.36. The third-order valence-corrected chi connectivity index (χ3v) is 7.51. The first-order valence-electron chi connectivity index (χ1n) is 13.1. The average Bonchev–Trinajstić information content (AvgIpc) is 3.00. The van der Waals surface area contributed by atoms with Crippen LogP contribution in [-0.2, 0) is 12.8 Å². The molecular weight excluding hydrogens is 498 g/mol. The predicted octanol–water partition coefficient (Wildman–Crippen LogP) is 3.60. The van der Waals surface area contributed by atoms with Gasteiger partial charge in [0.2, 0.25) is 5.95 Å². The van der Waals surface area contributed by atoms with Crippen LogP contribution < -0.4 is 23.8 Å². The van der Waals surface area contributed by atoms with Crippen LogP contribution in [0.1, 0.15) is 22.7 Å². The molecule has 1 atom stereocenters. The van der Waals surface area contributed by atoms with Crippen LogP contribution in [0.3, 0.4) is 0 Å². The summed E-state index contributed by atoms with van der Waals surface area (Å²) in [6.45, 7) is 3.20. The van der Waals surface area contributed by atoms with Crippen LogP contribution in [0.5, 0.6) is 23.0 Å². The van der Waals surface area contributed by atoms with Gasteiger partial charge in [-0.15, -0.1) is 0 Å². The van der Waals surface area contributed by atoms with Crippen LogP contribution in [0.25, 0.3) is 0 Å². The van der Waals surface area contributed by atoms with Crippen molar-refractivity contribution in [3.05, 3.63) is 65.5 Å². The summed E-state index contributed by atoms with van der Waals surface area (Å²) in [4.78, 5) is 28.8. The monoisotopic (exact) mass is 533 g/mol. The number of anilines is 1. The van der Waals surface area contributed by atoms with Crippen molar-refractivity contribution in [1.29, 1.82) is 0 Å². The van der Waals surface area contributed by atoms with Crippen molar-refractivity contribution in [3.63, 3.8) is 0 Å². The van der Waals surface area contributed by atoms with Crippen molar-refractivity contribution in [2.75, 3.05) is 66.1 Å². The highest BCUT2D eigenvalue weighted by molar-refractivity contribution is 5.76. The number of fused-ring (bicyclic) bond motifs is 1. The van der Waals surface area contributed by atoms with Crippen molar-refractivity contribution in [1.82, 2.24) is 19.8 Å². The second-order valence-corrected chi connectivity index (χ2v) is 9.56. The molecule has 2 aliphatic heterocycles. The molecule has 10 nitrogen and oxygen atoms in total. The van der Waals surface area contributed by atoms with Crippen molar-refractivity contribution < 1.29 is 23.7 Å². The first-order chi connectivity index (χ1) is 19.1. The van der Waals surface area contributed by atoms with Crippen molar-refractivity contribution >= 4 is 12.0 Å². The van der Waals surface area contributed by atoms with Gasteiger partial charge in [0.05, 0.1) is 34.5 Å². The molecule has 0 spiro atoms. The second-order valence-electron chi connectivity index (χ2n) is 9.56. The number of benzene rings is 2. The van der Waals surface area contributed by atoms with Crippen LogP contribution in [0.2, 0.25) is 0 Å². The molecule has 2 aliphatic rings. The van der Waals surface area contributed by atoms with Crippen LogP contribution in [0.15, 0.2) is 48.8 Å². The summed E-state index contributed by atoms with van der Waals surface area (Å²) in [6.07, 6.45) is 4.84. The number of methoxy groups -OCH3 is 4. The van der Waals surface area contributed by atoms with Crippen LogP contribution in [0, 0.1) is 0 Å². The number of urea groups is 1. The Kier molecular flexibility index (Phi) is 7.90. The standard InChI is InChI=1S/C29H35N5O5/c1-36-24-7-6-20(17-25(24)37-2)16-23-22-19-27(39-4)26(38-3)18-21(22)8-11-34(23)29(35)33-14-12-32(13-15-33)28-30-9-5-10-31-28/h5-7,9-10,17-19,23H,8,11-16H2,1-4H3. The molecule has 2 aromatic carbocycles. The van der Waals surface area contributed by atoms with Gasteiger partial charge in [0, 0.05) is 45.1 Å². The Hall–Kier alpha value is -4.21. The number of amides is 2. The van der Waals surface area contributed by atoms with Gasteiger partial charge in [0.15, 0.2) is 23.0 Å². The number of ether oxygens (including phenoxy) is 4. The van der Waals surface area contributed by atoms with Gasteiger partial charge in [-0.05, 0) is 59.9 Å². The molecule has 3 heterocycles. The SMILES string of the molecule is COc1ccc(CC2c3cc(OC)c(OC)cc3CCN2C(=O)N2CCN(c3ncccn3)CC2)cc1OC. The predicted molar refractivity (Wildman–Crippen MR) is 147 cm³/mol.